The van der Waals surface area contributed by atoms with Gasteiger partial charge in [0.25, 0.3) is 5.56 Å². The van der Waals surface area contributed by atoms with Crippen molar-refractivity contribution >= 4 is 0 Å². The molecule has 2 rings (SSSR count). The summed E-state index contributed by atoms with van der Waals surface area (Å²) in [5, 5.41) is 0. The van der Waals surface area contributed by atoms with E-state index in [4.69, 9.17) is 4.74 Å². The van der Waals surface area contributed by atoms with Crippen LogP contribution in [0.3, 0.4) is 0 Å². The smallest absolute Gasteiger partial charge is 0.333 e. The van der Waals surface area contributed by atoms with Gasteiger partial charge in [-0.05, 0) is 5.56 Å². The molecule has 0 aliphatic rings. The molecule has 0 aliphatic heterocycles. The fourth-order valence-corrected chi connectivity index (χ4v) is 1.58. The molecule has 1 aromatic heterocycles. The van der Waals surface area contributed by atoms with Crippen molar-refractivity contribution in [3.63, 3.8) is 0 Å². The highest BCUT2D eigenvalue weighted by Gasteiger charge is 2.06. The molecule has 94 valence electrons. The molecule has 0 fully saturated rings. The highest BCUT2D eigenvalue weighted by atomic mass is 16.5. The first kappa shape index (κ1) is 12.2. The quantitative estimate of drug-likeness (QED) is 0.799. The maximum Gasteiger partial charge on any atom is 0.333 e. The fraction of sp³-hybridized carbons (Fsp3) is 0.231. The maximum atomic E-state index is 11.7. The Labute approximate surface area is 104 Å². The molecular formula is C13H14N2O3. The number of hydrogen-bond acceptors (Lipinski definition) is 3. The van der Waals surface area contributed by atoms with Crippen LogP contribution in [0.15, 0.2) is 46.0 Å². The first-order valence-electron chi connectivity index (χ1n) is 5.53. The van der Waals surface area contributed by atoms with Gasteiger partial charge in [0, 0.05) is 14.1 Å². The topological polar surface area (TPSA) is 53.2 Å². The number of aromatic nitrogens is 2. The van der Waals surface area contributed by atoms with E-state index >= 15 is 0 Å². The molecule has 5 nitrogen and oxygen atoms in total. The lowest BCUT2D eigenvalue weighted by Gasteiger charge is -2.10. The second-order valence-corrected chi connectivity index (χ2v) is 4.00. The predicted octanol–water partition coefficient (Wildman–Crippen LogP) is 0.663. The van der Waals surface area contributed by atoms with E-state index in [2.05, 4.69) is 0 Å². The molecule has 0 saturated carbocycles. The van der Waals surface area contributed by atoms with Gasteiger partial charge in [-0.15, -0.1) is 0 Å². The second-order valence-electron chi connectivity index (χ2n) is 4.00. The molecule has 0 saturated heterocycles. The maximum absolute atomic E-state index is 11.7. The largest absolute Gasteiger partial charge is 0.474 e. The van der Waals surface area contributed by atoms with Crippen LogP contribution < -0.4 is 16.0 Å². The van der Waals surface area contributed by atoms with E-state index in [0.717, 1.165) is 10.1 Å². The molecule has 0 unspecified atom stereocenters. The van der Waals surface area contributed by atoms with Crippen molar-refractivity contribution < 1.29 is 4.74 Å². The summed E-state index contributed by atoms with van der Waals surface area (Å²) in [4.78, 5) is 23.2. The van der Waals surface area contributed by atoms with E-state index in [-0.39, 0.29) is 11.4 Å². The van der Waals surface area contributed by atoms with Crippen LogP contribution in [0.2, 0.25) is 0 Å². The highest BCUT2D eigenvalue weighted by molar-refractivity contribution is 5.15. The van der Waals surface area contributed by atoms with E-state index in [1.54, 1.807) is 7.05 Å². The van der Waals surface area contributed by atoms with Crippen LogP contribution in [0, 0.1) is 0 Å². The molecule has 0 bridgehead atoms. The first-order valence-corrected chi connectivity index (χ1v) is 5.53. The molecule has 0 radical (unpaired) electrons. The van der Waals surface area contributed by atoms with Gasteiger partial charge in [0.15, 0.2) is 0 Å². The predicted molar refractivity (Wildman–Crippen MR) is 67.7 cm³/mol. The van der Waals surface area contributed by atoms with Crippen LogP contribution >= 0.6 is 0 Å². The number of benzene rings is 1. The zero-order valence-corrected chi connectivity index (χ0v) is 10.3. The Morgan fingerprint density at radius 2 is 1.72 bits per heavy atom. The Hall–Kier alpha value is -2.30. The van der Waals surface area contributed by atoms with Crippen molar-refractivity contribution in [3.05, 3.63) is 62.8 Å². The third kappa shape index (κ3) is 2.34. The summed E-state index contributed by atoms with van der Waals surface area (Å²) in [6.07, 6.45) is 0. The molecule has 18 heavy (non-hydrogen) atoms. The van der Waals surface area contributed by atoms with Gasteiger partial charge in [0.2, 0.25) is 5.88 Å². The third-order valence-electron chi connectivity index (χ3n) is 2.71. The van der Waals surface area contributed by atoms with Gasteiger partial charge < -0.3 is 4.74 Å². The highest BCUT2D eigenvalue weighted by Crippen LogP contribution is 2.07. The fourth-order valence-electron chi connectivity index (χ4n) is 1.58. The van der Waals surface area contributed by atoms with E-state index in [1.165, 1.54) is 17.7 Å². The minimum Gasteiger partial charge on any atom is -0.474 e. The summed E-state index contributed by atoms with van der Waals surface area (Å²) in [7, 11) is 3.01. The van der Waals surface area contributed by atoms with Crippen LogP contribution in [0.25, 0.3) is 0 Å². The standard InChI is InChI=1S/C13H14N2O3/c1-14-11(16)8-12(15(2)13(14)17)18-9-10-6-4-3-5-7-10/h3-8H,9H2,1-2H3. The second kappa shape index (κ2) is 4.91. The minimum absolute atomic E-state index is 0.270. The Morgan fingerprint density at radius 3 is 2.39 bits per heavy atom. The summed E-state index contributed by atoms with van der Waals surface area (Å²) >= 11 is 0. The van der Waals surface area contributed by atoms with Gasteiger partial charge in [-0.2, -0.15) is 0 Å². The van der Waals surface area contributed by atoms with Gasteiger partial charge in [-0.1, -0.05) is 30.3 Å². The normalized spacial score (nSPS) is 10.3. The van der Waals surface area contributed by atoms with Crippen molar-refractivity contribution in [2.45, 2.75) is 6.61 Å². The lowest BCUT2D eigenvalue weighted by Crippen LogP contribution is -2.36. The van der Waals surface area contributed by atoms with E-state index in [0.29, 0.717) is 6.61 Å². The summed E-state index contributed by atoms with van der Waals surface area (Å²) in [5.74, 6) is 0.270. The van der Waals surface area contributed by atoms with Gasteiger partial charge >= 0.3 is 5.69 Å². The average molecular weight is 246 g/mol. The van der Waals surface area contributed by atoms with Gasteiger partial charge in [0.1, 0.15) is 6.61 Å². The first-order chi connectivity index (χ1) is 8.59. The number of nitrogens with zero attached hydrogens (tertiary/aromatic N) is 2. The van der Waals surface area contributed by atoms with Crippen LogP contribution in [-0.4, -0.2) is 9.13 Å². The molecular weight excluding hydrogens is 232 g/mol. The molecule has 0 aliphatic carbocycles. The lowest BCUT2D eigenvalue weighted by molar-refractivity contribution is 0.276. The molecule has 1 heterocycles. The minimum atomic E-state index is -0.398. The van der Waals surface area contributed by atoms with Gasteiger partial charge in [-0.3, -0.25) is 13.9 Å². The monoisotopic (exact) mass is 246 g/mol. The van der Waals surface area contributed by atoms with Crippen LogP contribution in [0.4, 0.5) is 0 Å². The van der Waals surface area contributed by atoms with Crippen LogP contribution in [-0.2, 0) is 20.7 Å². The zero-order valence-electron chi connectivity index (χ0n) is 10.3. The summed E-state index contributed by atoms with van der Waals surface area (Å²) in [6, 6.07) is 10.9. The molecule has 0 N–H and O–H groups in total. The number of ether oxygens (including phenoxy) is 1. The Kier molecular flexibility index (Phi) is 3.32. The van der Waals surface area contributed by atoms with E-state index < -0.39 is 5.69 Å². The molecule has 0 spiro atoms. The van der Waals surface area contributed by atoms with Crippen molar-refractivity contribution in [1.82, 2.24) is 9.13 Å². The average Bonchev–Trinajstić information content (AvgIpc) is 2.40. The van der Waals surface area contributed by atoms with Crippen LogP contribution in [0.5, 0.6) is 5.88 Å². The zero-order chi connectivity index (χ0) is 13.1. The molecule has 5 heteroatoms. The van der Waals surface area contributed by atoms with E-state index in [1.807, 2.05) is 30.3 Å². The van der Waals surface area contributed by atoms with Gasteiger partial charge in [-0.25, -0.2) is 4.79 Å². The summed E-state index contributed by atoms with van der Waals surface area (Å²) < 4.78 is 7.84. The Morgan fingerprint density at radius 1 is 1.06 bits per heavy atom. The Bertz CT molecular complexity index is 656. The van der Waals surface area contributed by atoms with Crippen molar-refractivity contribution in [2.75, 3.05) is 0 Å². The third-order valence-corrected chi connectivity index (χ3v) is 2.71. The van der Waals surface area contributed by atoms with Gasteiger partial charge in [0.05, 0.1) is 6.07 Å². The molecule has 0 amide bonds. The van der Waals surface area contributed by atoms with Crippen molar-refractivity contribution in [3.8, 4) is 5.88 Å². The number of hydrogen-bond donors (Lipinski definition) is 0. The summed E-state index contributed by atoms with van der Waals surface area (Å²) in [6.45, 7) is 0.321. The van der Waals surface area contributed by atoms with Crippen molar-refractivity contribution in [2.24, 2.45) is 14.1 Å². The molecule has 0 atom stereocenters. The number of rotatable bonds is 3. The SMILES string of the molecule is Cn1c(OCc2ccccc2)cc(=O)n(C)c1=O. The molecule has 1 aromatic carbocycles. The van der Waals surface area contributed by atoms with E-state index in [9.17, 15) is 9.59 Å². The lowest BCUT2D eigenvalue weighted by atomic mass is 10.2. The summed E-state index contributed by atoms with van der Waals surface area (Å²) in [5.41, 5.74) is 0.206. The molecule has 2 aromatic rings. The van der Waals surface area contributed by atoms with Crippen molar-refractivity contribution in [1.29, 1.82) is 0 Å². The van der Waals surface area contributed by atoms with Crippen LogP contribution in [0.1, 0.15) is 5.56 Å². The Balaban J connectivity index is 2.26.